The monoisotopic (exact) mass is 281 g/mol. The summed E-state index contributed by atoms with van der Waals surface area (Å²) in [5.74, 6) is -0.282. The molecule has 0 saturated carbocycles. The van der Waals surface area contributed by atoms with Crippen molar-refractivity contribution in [2.45, 2.75) is 11.4 Å². The van der Waals surface area contributed by atoms with Crippen LogP contribution in [-0.2, 0) is 6.54 Å². The first-order chi connectivity index (χ1) is 8.69. The summed E-state index contributed by atoms with van der Waals surface area (Å²) in [4.78, 5) is 1.21. The summed E-state index contributed by atoms with van der Waals surface area (Å²) < 4.78 is 13.5. The van der Waals surface area contributed by atoms with E-state index in [1.54, 1.807) is 23.9 Å². The van der Waals surface area contributed by atoms with Gasteiger partial charge in [0.1, 0.15) is 5.82 Å². The molecule has 1 N–H and O–H groups in total. The summed E-state index contributed by atoms with van der Waals surface area (Å²) in [7, 11) is 0. The van der Waals surface area contributed by atoms with Crippen LogP contribution in [0, 0.1) is 5.82 Å². The molecule has 0 unspecified atom stereocenters. The van der Waals surface area contributed by atoms with Gasteiger partial charge in [-0.25, -0.2) is 4.39 Å². The molecule has 0 saturated heterocycles. The molecule has 0 aliphatic heterocycles. The highest BCUT2D eigenvalue weighted by atomic mass is 35.5. The van der Waals surface area contributed by atoms with Crippen LogP contribution >= 0.6 is 23.4 Å². The number of nitrogens with one attached hydrogen (secondary N) is 1. The number of halogens is 2. The van der Waals surface area contributed by atoms with Crippen LogP contribution in [0.3, 0.4) is 0 Å². The van der Waals surface area contributed by atoms with E-state index < -0.39 is 0 Å². The lowest BCUT2D eigenvalue weighted by Gasteiger charge is -2.08. The third-order valence-electron chi connectivity index (χ3n) is 2.59. The van der Waals surface area contributed by atoms with Crippen LogP contribution in [0.2, 0.25) is 5.02 Å². The van der Waals surface area contributed by atoms with Crippen LogP contribution in [-0.4, -0.2) is 6.26 Å². The van der Waals surface area contributed by atoms with E-state index in [0.717, 1.165) is 5.69 Å². The van der Waals surface area contributed by atoms with Crippen molar-refractivity contribution in [3.8, 4) is 0 Å². The van der Waals surface area contributed by atoms with E-state index in [1.165, 1.54) is 11.0 Å². The number of hydrogen-bond donors (Lipinski definition) is 1. The van der Waals surface area contributed by atoms with Crippen molar-refractivity contribution in [1.29, 1.82) is 0 Å². The van der Waals surface area contributed by atoms with Crippen molar-refractivity contribution in [2.75, 3.05) is 11.6 Å². The standard InChI is InChI=1S/C14H13ClFNS/c1-18-13-6-4-12(5-7-13)17-9-10-2-3-11(15)8-14(10)16/h2-8,17H,9H2,1H3. The highest BCUT2D eigenvalue weighted by Gasteiger charge is 2.02. The molecule has 0 spiro atoms. The molecular weight excluding hydrogens is 269 g/mol. The van der Waals surface area contributed by atoms with E-state index in [-0.39, 0.29) is 5.82 Å². The number of anilines is 1. The van der Waals surface area contributed by atoms with Gasteiger partial charge in [0.15, 0.2) is 0 Å². The van der Waals surface area contributed by atoms with E-state index in [2.05, 4.69) is 5.32 Å². The van der Waals surface area contributed by atoms with E-state index >= 15 is 0 Å². The van der Waals surface area contributed by atoms with Crippen LogP contribution < -0.4 is 5.32 Å². The second-order valence-electron chi connectivity index (χ2n) is 3.82. The van der Waals surface area contributed by atoms with Gasteiger partial charge in [0, 0.05) is 27.7 Å². The van der Waals surface area contributed by atoms with Crippen LogP contribution in [0.1, 0.15) is 5.56 Å². The van der Waals surface area contributed by atoms with Gasteiger partial charge < -0.3 is 5.32 Å². The fraction of sp³-hybridized carbons (Fsp3) is 0.143. The molecule has 0 fully saturated rings. The normalized spacial score (nSPS) is 10.4. The van der Waals surface area contributed by atoms with Crippen LogP contribution in [0.4, 0.5) is 10.1 Å². The van der Waals surface area contributed by atoms with E-state index in [0.29, 0.717) is 17.1 Å². The topological polar surface area (TPSA) is 12.0 Å². The third kappa shape index (κ3) is 3.40. The van der Waals surface area contributed by atoms with Crippen LogP contribution in [0.15, 0.2) is 47.4 Å². The molecule has 18 heavy (non-hydrogen) atoms. The molecule has 0 aliphatic rings. The lowest BCUT2D eigenvalue weighted by atomic mass is 10.2. The quantitative estimate of drug-likeness (QED) is 0.807. The molecule has 4 heteroatoms. The SMILES string of the molecule is CSc1ccc(NCc2ccc(Cl)cc2F)cc1. The molecular formula is C14H13ClFNS. The van der Waals surface area contributed by atoms with Crippen molar-refractivity contribution in [3.63, 3.8) is 0 Å². The Hall–Kier alpha value is -1.19. The molecule has 1 nitrogen and oxygen atoms in total. The predicted molar refractivity (Wildman–Crippen MR) is 77.0 cm³/mol. The maximum Gasteiger partial charge on any atom is 0.129 e. The van der Waals surface area contributed by atoms with Crippen LogP contribution in [0.5, 0.6) is 0 Å². The fourth-order valence-corrected chi connectivity index (χ4v) is 2.14. The molecule has 2 rings (SSSR count). The lowest BCUT2D eigenvalue weighted by molar-refractivity contribution is 0.613. The third-order valence-corrected chi connectivity index (χ3v) is 3.57. The Kier molecular flexibility index (Phi) is 4.50. The Bertz CT molecular complexity index is 528. The average molecular weight is 282 g/mol. The molecule has 0 radical (unpaired) electrons. The van der Waals surface area contributed by atoms with Gasteiger partial charge in [0.05, 0.1) is 0 Å². The zero-order valence-corrected chi connectivity index (χ0v) is 11.5. The molecule has 0 bridgehead atoms. The molecule has 0 atom stereocenters. The minimum atomic E-state index is -0.282. The largest absolute Gasteiger partial charge is 0.381 e. The smallest absolute Gasteiger partial charge is 0.129 e. The molecule has 0 aromatic heterocycles. The zero-order valence-electron chi connectivity index (χ0n) is 9.91. The Balaban J connectivity index is 2.02. The van der Waals surface area contributed by atoms with Crippen molar-refractivity contribution < 1.29 is 4.39 Å². The molecule has 94 valence electrons. The van der Waals surface area contributed by atoms with Gasteiger partial charge in [0.2, 0.25) is 0 Å². The van der Waals surface area contributed by atoms with Crippen molar-refractivity contribution in [1.82, 2.24) is 0 Å². The van der Waals surface area contributed by atoms with E-state index in [9.17, 15) is 4.39 Å². The molecule has 0 aliphatic carbocycles. The number of rotatable bonds is 4. The fourth-order valence-electron chi connectivity index (χ4n) is 1.57. The second-order valence-corrected chi connectivity index (χ2v) is 5.13. The Morgan fingerprint density at radius 3 is 2.50 bits per heavy atom. The predicted octanol–water partition coefficient (Wildman–Crippen LogP) is 4.81. The van der Waals surface area contributed by atoms with Crippen molar-refractivity contribution in [2.24, 2.45) is 0 Å². The number of benzene rings is 2. The zero-order chi connectivity index (χ0) is 13.0. The average Bonchev–Trinajstić information content (AvgIpc) is 2.38. The van der Waals surface area contributed by atoms with Crippen molar-refractivity contribution in [3.05, 3.63) is 58.9 Å². The first kappa shape index (κ1) is 13.2. The molecule has 2 aromatic rings. The molecule has 0 amide bonds. The summed E-state index contributed by atoms with van der Waals surface area (Å²) in [6, 6.07) is 12.8. The van der Waals surface area contributed by atoms with Crippen molar-refractivity contribution >= 4 is 29.1 Å². The summed E-state index contributed by atoms with van der Waals surface area (Å²) in [5.41, 5.74) is 1.58. The van der Waals surface area contributed by atoms with Gasteiger partial charge in [-0.15, -0.1) is 11.8 Å². The highest BCUT2D eigenvalue weighted by Crippen LogP contribution is 2.19. The molecule has 0 heterocycles. The van der Waals surface area contributed by atoms with Crippen LogP contribution in [0.25, 0.3) is 0 Å². The van der Waals surface area contributed by atoms with E-state index in [1.807, 2.05) is 30.5 Å². The van der Waals surface area contributed by atoms with Gasteiger partial charge in [0.25, 0.3) is 0 Å². The second kappa shape index (κ2) is 6.12. The highest BCUT2D eigenvalue weighted by molar-refractivity contribution is 7.98. The summed E-state index contributed by atoms with van der Waals surface area (Å²) >= 11 is 7.40. The Labute approximate surface area is 115 Å². The van der Waals surface area contributed by atoms with Gasteiger partial charge in [-0.1, -0.05) is 17.7 Å². The van der Waals surface area contributed by atoms with Gasteiger partial charge in [-0.2, -0.15) is 0 Å². The summed E-state index contributed by atoms with van der Waals surface area (Å²) in [5, 5.41) is 3.60. The maximum atomic E-state index is 13.5. The minimum Gasteiger partial charge on any atom is -0.381 e. The Morgan fingerprint density at radius 2 is 1.89 bits per heavy atom. The molecule has 2 aromatic carbocycles. The Morgan fingerprint density at radius 1 is 1.17 bits per heavy atom. The first-order valence-corrected chi connectivity index (χ1v) is 7.11. The minimum absolute atomic E-state index is 0.282. The maximum absolute atomic E-state index is 13.5. The summed E-state index contributed by atoms with van der Waals surface area (Å²) in [6.45, 7) is 0.446. The first-order valence-electron chi connectivity index (χ1n) is 5.51. The van der Waals surface area contributed by atoms with Gasteiger partial charge >= 0.3 is 0 Å². The van der Waals surface area contributed by atoms with Gasteiger partial charge in [-0.05, 0) is 42.7 Å². The van der Waals surface area contributed by atoms with E-state index in [4.69, 9.17) is 11.6 Å². The lowest BCUT2D eigenvalue weighted by Crippen LogP contribution is -2.01. The summed E-state index contributed by atoms with van der Waals surface area (Å²) in [6.07, 6.45) is 2.03. The number of thioether (sulfide) groups is 1. The van der Waals surface area contributed by atoms with Gasteiger partial charge in [-0.3, -0.25) is 0 Å². The number of hydrogen-bond acceptors (Lipinski definition) is 2.